The van der Waals surface area contributed by atoms with E-state index in [1.54, 1.807) is 0 Å². The highest BCUT2D eigenvalue weighted by molar-refractivity contribution is 9.10. The average molecular weight is 369 g/mol. The minimum absolute atomic E-state index is 0.210. The summed E-state index contributed by atoms with van der Waals surface area (Å²) >= 11 is 9.49. The van der Waals surface area contributed by atoms with Crippen LogP contribution in [0.25, 0.3) is 0 Å². The molecule has 0 spiro atoms. The third-order valence-corrected chi connectivity index (χ3v) is 4.09. The van der Waals surface area contributed by atoms with Crippen LogP contribution < -0.4 is 10.2 Å². The van der Waals surface area contributed by atoms with Gasteiger partial charge in [-0.2, -0.15) is 15.0 Å². The zero-order valence-electron chi connectivity index (χ0n) is 11.6. The van der Waals surface area contributed by atoms with E-state index in [-0.39, 0.29) is 5.28 Å². The highest BCUT2D eigenvalue weighted by Gasteiger charge is 2.17. The van der Waals surface area contributed by atoms with E-state index >= 15 is 0 Å². The fourth-order valence-corrected chi connectivity index (χ4v) is 2.82. The van der Waals surface area contributed by atoms with Crippen molar-refractivity contribution in [2.24, 2.45) is 0 Å². The number of nitrogens with one attached hydrogen (secondary N) is 1. The van der Waals surface area contributed by atoms with Gasteiger partial charge >= 0.3 is 0 Å². The molecule has 1 saturated heterocycles. The zero-order valence-corrected chi connectivity index (χ0v) is 13.9. The lowest BCUT2D eigenvalue weighted by molar-refractivity contribution is 0.883. The number of aromatic nitrogens is 3. The molecule has 0 unspecified atom stereocenters. The van der Waals surface area contributed by atoms with Crippen molar-refractivity contribution in [3.05, 3.63) is 33.5 Å². The maximum Gasteiger partial charge on any atom is 0.233 e. The Morgan fingerprint density at radius 1 is 1.19 bits per heavy atom. The molecule has 0 bridgehead atoms. The molecular weight excluding hydrogens is 354 g/mol. The normalized spacial score (nSPS) is 14.5. The highest BCUT2D eigenvalue weighted by Crippen LogP contribution is 2.25. The van der Waals surface area contributed by atoms with Gasteiger partial charge in [0, 0.05) is 23.2 Å². The fraction of sp³-hybridized carbons (Fsp3) is 0.357. The molecule has 1 aromatic heterocycles. The Morgan fingerprint density at radius 2 is 1.95 bits per heavy atom. The molecule has 2 heterocycles. The molecule has 0 radical (unpaired) electrons. The molecule has 1 fully saturated rings. The van der Waals surface area contributed by atoms with Crippen LogP contribution in [0.15, 0.2) is 22.7 Å². The maximum atomic E-state index is 6.03. The Kier molecular flexibility index (Phi) is 4.26. The van der Waals surface area contributed by atoms with Crippen LogP contribution in [-0.2, 0) is 0 Å². The second-order valence-corrected chi connectivity index (χ2v) is 6.26. The summed E-state index contributed by atoms with van der Waals surface area (Å²) in [5, 5.41) is 3.42. The van der Waals surface area contributed by atoms with Crippen molar-refractivity contribution >= 4 is 45.1 Å². The summed E-state index contributed by atoms with van der Waals surface area (Å²) in [6.45, 7) is 3.96. The number of aryl methyl sites for hydroxylation is 1. The molecule has 1 aromatic carbocycles. The minimum Gasteiger partial charge on any atom is -0.341 e. The van der Waals surface area contributed by atoms with E-state index in [9.17, 15) is 0 Å². The van der Waals surface area contributed by atoms with Gasteiger partial charge in [0.15, 0.2) is 0 Å². The van der Waals surface area contributed by atoms with Gasteiger partial charge in [0.2, 0.25) is 17.2 Å². The van der Waals surface area contributed by atoms with E-state index < -0.39 is 0 Å². The molecule has 5 nitrogen and oxygen atoms in total. The Balaban J connectivity index is 1.89. The van der Waals surface area contributed by atoms with Gasteiger partial charge in [0.1, 0.15) is 0 Å². The van der Waals surface area contributed by atoms with E-state index in [1.165, 1.54) is 0 Å². The maximum absolute atomic E-state index is 6.03. The van der Waals surface area contributed by atoms with Crippen molar-refractivity contribution in [1.29, 1.82) is 0 Å². The quantitative estimate of drug-likeness (QED) is 0.889. The molecule has 2 aromatic rings. The lowest BCUT2D eigenvalue weighted by Crippen LogP contribution is -2.21. The number of halogens is 2. The molecule has 110 valence electrons. The molecule has 1 N–H and O–H groups in total. The number of anilines is 3. The van der Waals surface area contributed by atoms with Gasteiger partial charge in [-0.15, -0.1) is 0 Å². The lowest BCUT2D eigenvalue weighted by atomic mass is 10.2. The largest absolute Gasteiger partial charge is 0.341 e. The van der Waals surface area contributed by atoms with E-state index in [0.29, 0.717) is 11.9 Å². The van der Waals surface area contributed by atoms with Crippen LogP contribution in [0.3, 0.4) is 0 Å². The molecule has 21 heavy (non-hydrogen) atoms. The number of hydrogen-bond donors (Lipinski definition) is 1. The number of nitrogens with zero attached hydrogens (tertiary/aromatic N) is 4. The van der Waals surface area contributed by atoms with Crippen molar-refractivity contribution in [3.63, 3.8) is 0 Å². The first-order chi connectivity index (χ1) is 10.1. The van der Waals surface area contributed by atoms with E-state index in [0.717, 1.165) is 41.7 Å². The first kappa shape index (κ1) is 14.5. The second-order valence-electron chi connectivity index (χ2n) is 5.01. The third-order valence-electron chi connectivity index (χ3n) is 3.43. The van der Waals surface area contributed by atoms with Crippen molar-refractivity contribution < 1.29 is 0 Å². The van der Waals surface area contributed by atoms with Crippen LogP contribution in [0.4, 0.5) is 17.6 Å². The zero-order chi connectivity index (χ0) is 14.8. The molecule has 0 aliphatic carbocycles. The Hall–Kier alpha value is -1.40. The van der Waals surface area contributed by atoms with Crippen LogP contribution in [0, 0.1) is 6.92 Å². The van der Waals surface area contributed by atoms with E-state index in [1.807, 2.05) is 25.1 Å². The van der Waals surface area contributed by atoms with Crippen LogP contribution in [-0.4, -0.2) is 28.0 Å². The number of hydrogen-bond acceptors (Lipinski definition) is 5. The topological polar surface area (TPSA) is 53.9 Å². The van der Waals surface area contributed by atoms with Gasteiger partial charge in [0.25, 0.3) is 0 Å². The van der Waals surface area contributed by atoms with Gasteiger partial charge < -0.3 is 10.2 Å². The second kappa shape index (κ2) is 6.15. The van der Waals surface area contributed by atoms with Crippen molar-refractivity contribution in [2.75, 3.05) is 23.3 Å². The van der Waals surface area contributed by atoms with Gasteiger partial charge in [-0.3, -0.25) is 0 Å². The Bertz CT molecular complexity index is 658. The average Bonchev–Trinajstić information content (AvgIpc) is 2.96. The van der Waals surface area contributed by atoms with Gasteiger partial charge in [0.05, 0.1) is 0 Å². The van der Waals surface area contributed by atoms with E-state index in [4.69, 9.17) is 11.6 Å². The molecular formula is C14H15BrClN5. The summed E-state index contributed by atoms with van der Waals surface area (Å²) in [7, 11) is 0. The molecule has 1 aliphatic heterocycles. The summed E-state index contributed by atoms with van der Waals surface area (Å²) in [5.41, 5.74) is 2.05. The monoisotopic (exact) mass is 367 g/mol. The summed E-state index contributed by atoms with van der Waals surface area (Å²) in [6.07, 6.45) is 2.33. The summed E-state index contributed by atoms with van der Waals surface area (Å²) in [4.78, 5) is 15.0. The van der Waals surface area contributed by atoms with Gasteiger partial charge in [-0.05, 0) is 49.1 Å². The van der Waals surface area contributed by atoms with Crippen LogP contribution in [0.5, 0.6) is 0 Å². The summed E-state index contributed by atoms with van der Waals surface area (Å²) in [5.74, 6) is 1.11. The first-order valence-corrected chi connectivity index (χ1v) is 7.98. The predicted octanol–water partition coefficient (Wildman–Crippen LogP) is 3.94. The van der Waals surface area contributed by atoms with Crippen LogP contribution in [0.2, 0.25) is 5.28 Å². The van der Waals surface area contributed by atoms with Gasteiger partial charge in [-0.1, -0.05) is 22.0 Å². The molecule has 3 rings (SSSR count). The number of benzene rings is 1. The van der Waals surface area contributed by atoms with Crippen LogP contribution in [0.1, 0.15) is 18.4 Å². The highest BCUT2D eigenvalue weighted by atomic mass is 79.9. The standard InChI is InChI=1S/C14H15BrClN5/c1-9-4-5-10(15)8-11(9)17-13-18-12(16)19-14(20-13)21-6-2-3-7-21/h4-5,8H,2-3,6-7H2,1H3,(H,17,18,19,20). The van der Waals surface area contributed by atoms with Crippen LogP contribution >= 0.6 is 27.5 Å². The van der Waals surface area contributed by atoms with Gasteiger partial charge in [-0.25, -0.2) is 0 Å². The van der Waals surface area contributed by atoms with Crippen molar-refractivity contribution in [3.8, 4) is 0 Å². The Morgan fingerprint density at radius 3 is 2.71 bits per heavy atom. The fourth-order valence-electron chi connectivity index (χ4n) is 2.30. The summed E-state index contributed by atoms with van der Waals surface area (Å²) < 4.78 is 0.996. The van der Waals surface area contributed by atoms with Crippen molar-refractivity contribution in [1.82, 2.24) is 15.0 Å². The first-order valence-electron chi connectivity index (χ1n) is 6.81. The van der Waals surface area contributed by atoms with E-state index in [2.05, 4.69) is 41.1 Å². The lowest BCUT2D eigenvalue weighted by Gasteiger charge is -2.16. The molecule has 0 atom stereocenters. The third kappa shape index (κ3) is 3.44. The molecule has 0 saturated carbocycles. The summed E-state index contributed by atoms with van der Waals surface area (Å²) in [6, 6.07) is 6.01. The number of rotatable bonds is 3. The SMILES string of the molecule is Cc1ccc(Br)cc1Nc1nc(Cl)nc(N2CCCC2)n1. The molecule has 0 amide bonds. The van der Waals surface area contributed by atoms with Crippen molar-refractivity contribution in [2.45, 2.75) is 19.8 Å². The molecule has 1 aliphatic rings. The molecule has 7 heteroatoms. The Labute approximate surface area is 136 Å². The predicted molar refractivity (Wildman–Crippen MR) is 88.4 cm³/mol. The minimum atomic E-state index is 0.210. The smallest absolute Gasteiger partial charge is 0.233 e.